The first-order valence-electron chi connectivity index (χ1n) is 11.7. The highest BCUT2D eigenvalue weighted by atomic mass is 16.5. The van der Waals surface area contributed by atoms with Crippen LogP contribution >= 0.6 is 0 Å². The van der Waals surface area contributed by atoms with Crippen molar-refractivity contribution >= 4 is 17.5 Å². The van der Waals surface area contributed by atoms with E-state index in [0.717, 1.165) is 35.9 Å². The molecule has 2 heterocycles. The molecule has 0 saturated carbocycles. The molecular weight excluding hydrogens is 438 g/mol. The van der Waals surface area contributed by atoms with Crippen molar-refractivity contribution in [2.75, 3.05) is 23.4 Å². The summed E-state index contributed by atoms with van der Waals surface area (Å²) in [4.78, 5) is 18.1. The molecule has 176 valence electrons. The van der Waals surface area contributed by atoms with Crippen LogP contribution in [0.1, 0.15) is 34.5 Å². The normalized spacial score (nSPS) is 13.5. The van der Waals surface area contributed by atoms with E-state index in [4.69, 9.17) is 9.84 Å². The Hall–Kier alpha value is -4.32. The first-order valence-corrected chi connectivity index (χ1v) is 11.7. The lowest BCUT2D eigenvalue weighted by molar-refractivity contribution is 0.0697. The van der Waals surface area contributed by atoms with E-state index in [9.17, 15) is 4.79 Å². The van der Waals surface area contributed by atoms with Gasteiger partial charge in [-0.25, -0.2) is 9.78 Å². The number of nitrogens with one attached hydrogen (secondary N) is 1. The smallest absolute Gasteiger partial charge is 0.335 e. The summed E-state index contributed by atoms with van der Waals surface area (Å²) in [5.74, 6) is 0.626. The number of aromatic nitrogens is 1. The minimum atomic E-state index is -0.930. The number of ether oxygens (including phenoxy) is 1. The van der Waals surface area contributed by atoms with Crippen LogP contribution in [0.2, 0.25) is 0 Å². The van der Waals surface area contributed by atoms with Gasteiger partial charge in [0.1, 0.15) is 18.0 Å². The Balaban J connectivity index is 1.36. The van der Waals surface area contributed by atoms with Crippen molar-refractivity contribution in [3.8, 4) is 16.9 Å². The van der Waals surface area contributed by atoms with Gasteiger partial charge in [0.15, 0.2) is 5.82 Å². The van der Waals surface area contributed by atoms with E-state index in [-0.39, 0.29) is 11.6 Å². The molecule has 0 radical (unpaired) electrons. The lowest BCUT2D eigenvalue weighted by atomic mass is 10.0. The maximum Gasteiger partial charge on any atom is 0.335 e. The molecule has 1 aliphatic rings. The van der Waals surface area contributed by atoms with Crippen molar-refractivity contribution in [3.63, 3.8) is 0 Å². The molecule has 0 saturated heterocycles. The largest absolute Gasteiger partial charge is 0.489 e. The molecule has 5 rings (SSSR count). The fourth-order valence-corrected chi connectivity index (χ4v) is 4.36. The third-order valence-corrected chi connectivity index (χ3v) is 6.27. The number of hydrogen-bond acceptors (Lipinski definition) is 5. The van der Waals surface area contributed by atoms with E-state index in [2.05, 4.69) is 63.7 Å². The predicted molar refractivity (Wildman–Crippen MR) is 138 cm³/mol. The number of nitrogens with zero attached hydrogens (tertiary/aromatic N) is 2. The lowest BCUT2D eigenvalue weighted by Gasteiger charge is -2.33. The van der Waals surface area contributed by atoms with E-state index in [1.54, 1.807) is 18.3 Å². The molecule has 1 aromatic heterocycles. The predicted octanol–water partition coefficient (Wildman–Crippen LogP) is 6.02. The van der Waals surface area contributed by atoms with Gasteiger partial charge in [0.05, 0.1) is 18.2 Å². The zero-order valence-electron chi connectivity index (χ0n) is 19.5. The molecule has 1 unspecified atom stereocenters. The summed E-state index contributed by atoms with van der Waals surface area (Å²) in [6.45, 7) is 4.15. The van der Waals surface area contributed by atoms with Gasteiger partial charge in [-0.05, 0) is 41.3 Å². The van der Waals surface area contributed by atoms with Crippen molar-refractivity contribution in [2.24, 2.45) is 0 Å². The van der Waals surface area contributed by atoms with Crippen LogP contribution in [0, 0.1) is 0 Å². The van der Waals surface area contributed by atoms with Crippen LogP contribution < -0.4 is 15.0 Å². The number of hydrogen-bond donors (Lipinski definition) is 2. The average molecular weight is 466 g/mol. The second-order valence-electron chi connectivity index (χ2n) is 8.63. The summed E-state index contributed by atoms with van der Waals surface area (Å²) < 4.78 is 5.95. The van der Waals surface area contributed by atoms with Gasteiger partial charge >= 0.3 is 5.97 Å². The maximum atomic E-state index is 11.2. The number of carboxylic acid groups (broad SMARTS) is 1. The third-order valence-electron chi connectivity index (χ3n) is 6.27. The van der Waals surface area contributed by atoms with Gasteiger partial charge in [0, 0.05) is 18.8 Å². The Morgan fingerprint density at radius 3 is 2.43 bits per heavy atom. The Bertz CT molecular complexity index is 1310. The minimum Gasteiger partial charge on any atom is -0.489 e. The van der Waals surface area contributed by atoms with E-state index in [1.807, 2.05) is 31.2 Å². The van der Waals surface area contributed by atoms with E-state index >= 15 is 0 Å². The topological polar surface area (TPSA) is 74.7 Å². The molecule has 4 aromatic rings. The standard InChI is InChI=1S/C29H27N3O3/c1-20(22-11-13-25(14-12-22)29(33)34)31-28-27-26(15-16-30-28)35-18-17-32(27)19-21-7-9-24(10-8-21)23-5-3-2-4-6-23/h2-16,20H,17-19H2,1H3,(H,30,31)(H,33,34). The van der Waals surface area contributed by atoms with Crippen molar-refractivity contribution < 1.29 is 14.6 Å². The van der Waals surface area contributed by atoms with Crippen LogP contribution in [-0.2, 0) is 6.54 Å². The molecule has 0 spiro atoms. The SMILES string of the molecule is CC(Nc1nccc2c1N(Cc1ccc(-c3ccccc3)cc1)CCO2)c1ccc(C(=O)O)cc1. The van der Waals surface area contributed by atoms with Gasteiger partial charge < -0.3 is 20.1 Å². The second kappa shape index (κ2) is 9.89. The summed E-state index contributed by atoms with van der Waals surface area (Å²) in [5.41, 5.74) is 5.81. The van der Waals surface area contributed by atoms with Crippen LogP contribution in [0.3, 0.4) is 0 Å². The molecule has 1 atom stereocenters. The highest BCUT2D eigenvalue weighted by molar-refractivity contribution is 5.87. The summed E-state index contributed by atoms with van der Waals surface area (Å²) in [7, 11) is 0. The third kappa shape index (κ3) is 4.96. The molecule has 3 aromatic carbocycles. The first-order chi connectivity index (χ1) is 17.1. The van der Waals surface area contributed by atoms with Crippen molar-refractivity contribution in [2.45, 2.75) is 19.5 Å². The number of rotatable bonds is 7. The highest BCUT2D eigenvalue weighted by Crippen LogP contribution is 2.39. The van der Waals surface area contributed by atoms with Gasteiger partial charge in [0.25, 0.3) is 0 Å². The van der Waals surface area contributed by atoms with E-state index in [1.165, 1.54) is 16.7 Å². The number of benzene rings is 3. The van der Waals surface area contributed by atoms with Crippen molar-refractivity contribution in [1.29, 1.82) is 0 Å². The zero-order chi connectivity index (χ0) is 24.2. The molecule has 0 aliphatic carbocycles. The monoisotopic (exact) mass is 465 g/mol. The molecule has 0 bridgehead atoms. The summed E-state index contributed by atoms with van der Waals surface area (Å²) >= 11 is 0. The Kier molecular flexibility index (Phi) is 6.35. The number of carbonyl (C=O) groups is 1. The van der Waals surface area contributed by atoms with Crippen molar-refractivity contribution in [1.82, 2.24) is 4.98 Å². The average Bonchev–Trinajstić information content (AvgIpc) is 2.90. The molecule has 2 N–H and O–H groups in total. The van der Waals surface area contributed by atoms with Crippen LogP contribution in [0.5, 0.6) is 5.75 Å². The van der Waals surface area contributed by atoms with Crippen LogP contribution in [-0.4, -0.2) is 29.2 Å². The molecule has 1 aliphatic heterocycles. The highest BCUT2D eigenvalue weighted by Gasteiger charge is 2.24. The number of anilines is 2. The Morgan fingerprint density at radius 2 is 1.71 bits per heavy atom. The van der Waals surface area contributed by atoms with Gasteiger partial charge in [-0.2, -0.15) is 0 Å². The van der Waals surface area contributed by atoms with Gasteiger partial charge in [-0.3, -0.25) is 0 Å². The van der Waals surface area contributed by atoms with Crippen LogP contribution in [0.25, 0.3) is 11.1 Å². The summed E-state index contributed by atoms with van der Waals surface area (Å²) in [6, 6.07) is 27.8. The number of carboxylic acids is 1. The van der Waals surface area contributed by atoms with Gasteiger partial charge in [0.2, 0.25) is 0 Å². The van der Waals surface area contributed by atoms with Gasteiger partial charge in [-0.15, -0.1) is 0 Å². The van der Waals surface area contributed by atoms with Gasteiger partial charge in [-0.1, -0.05) is 66.7 Å². The molecule has 6 heteroatoms. The molecule has 6 nitrogen and oxygen atoms in total. The fraction of sp³-hybridized carbons (Fsp3) is 0.172. The number of pyridine rings is 1. The minimum absolute atomic E-state index is 0.0641. The van der Waals surface area contributed by atoms with E-state index in [0.29, 0.717) is 6.61 Å². The quantitative estimate of drug-likeness (QED) is 0.348. The van der Waals surface area contributed by atoms with Crippen molar-refractivity contribution in [3.05, 3.63) is 108 Å². The molecule has 0 fully saturated rings. The molecular formula is C29H27N3O3. The lowest BCUT2D eigenvalue weighted by Crippen LogP contribution is -2.33. The Labute approximate surface area is 204 Å². The first kappa shape index (κ1) is 22.5. The Morgan fingerprint density at radius 1 is 1.00 bits per heavy atom. The zero-order valence-corrected chi connectivity index (χ0v) is 19.5. The van der Waals surface area contributed by atoms with E-state index < -0.39 is 5.97 Å². The maximum absolute atomic E-state index is 11.2. The number of aromatic carboxylic acids is 1. The fourth-order valence-electron chi connectivity index (χ4n) is 4.36. The summed E-state index contributed by atoms with van der Waals surface area (Å²) in [6.07, 6.45) is 1.75. The molecule has 35 heavy (non-hydrogen) atoms. The molecule has 0 amide bonds. The summed E-state index contributed by atoms with van der Waals surface area (Å²) in [5, 5.41) is 12.7. The van der Waals surface area contributed by atoms with Crippen LogP contribution in [0.4, 0.5) is 11.5 Å². The number of fused-ring (bicyclic) bond motifs is 1. The van der Waals surface area contributed by atoms with Crippen LogP contribution in [0.15, 0.2) is 91.1 Å². The second-order valence-corrected chi connectivity index (χ2v) is 8.63.